The SMILES string of the molecule is NC(CO)(COc1c(F)c(F)cc(F)c1F)C1CC1. The molecule has 1 atom stereocenters. The number of aliphatic hydroxyl groups is 1. The summed E-state index contributed by atoms with van der Waals surface area (Å²) in [6, 6.07) is 0.0974. The molecule has 1 aromatic carbocycles. The van der Waals surface area contributed by atoms with E-state index in [0.29, 0.717) is 0 Å². The molecule has 2 rings (SSSR count). The third-order valence-electron chi connectivity index (χ3n) is 3.24. The molecule has 0 heterocycles. The molecular weight excluding hydrogens is 266 g/mol. The first-order valence-corrected chi connectivity index (χ1v) is 5.74. The average molecular weight is 279 g/mol. The number of hydrogen-bond donors (Lipinski definition) is 2. The largest absolute Gasteiger partial charge is 0.485 e. The molecule has 3 N–H and O–H groups in total. The molecule has 0 aromatic heterocycles. The fourth-order valence-electron chi connectivity index (χ4n) is 1.84. The van der Waals surface area contributed by atoms with Gasteiger partial charge in [-0.25, -0.2) is 8.78 Å². The summed E-state index contributed by atoms with van der Waals surface area (Å²) in [5.74, 6) is -7.51. The predicted octanol–water partition coefficient (Wildman–Crippen LogP) is 1.72. The second-order valence-electron chi connectivity index (χ2n) is 4.75. The van der Waals surface area contributed by atoms with Crippen molar-refractivity contribution in [2.75, 3.05) is 13.2 Å². The lowest BCUT2D eigenvalue weighted by Gasteiger charge is -2.27. The number of rotatable bonds is 5. The fourth-order valence-corrected chi connectivity index (χ4v) is 1.84. The zero-order chi connectivity index (χ0) is 14.2. The minimum atomic E-state index is -1.62. The van der Waals surface area contributed by atoms with Crippen LogP contribution in [-0.4, -0.2) is 23.9 Å². The van der Waals surface area contributed by atoms with E-state index < -0.39 is 47.8 Å². The van der Waals surface area contributed by atoms with Crippen LogP contribution in [0.4, 0.5) is 17.6 Å². The number of halogens is 4. The van der Waals surface area contributed by atoms with Crippen LogP contribution in [0.1, 0.15) is 12.8 Å². The zero-order valence-electron chi connectivity index (χ0n) is 9.93. The highest BCUT2D eigenvalue weighted by Gasteiger charge is 2.43. The highest BCUT2D eigenvalue weighted by atomic mass is 19.2. The van der Waals surface area contributed by atoms with E-state index in [-0.39, 0.29) is 12.0 Å². The van der Waals surface area contributed by atoms with Gasteiger partial charge < -0.3 is 15.6 Å². The van der Waals surface area contributed by atoms with Gasteiger partial charge in [-0.3, -0.25) is 0 Å². The van der Waals surface area contributed by atoms with E-state index in [2.05, 4.69) is 0 Å². The molecule has 0 amide bonds. The molecule has 3 nitrogen and oxygen atoms in total. The minimum Gasteiger partial charge on any atom is -0.485 e. The molecule has 1 unspecified atom stereocenters. The van der Waals surface area contributed by atoms with Crippen LogP contribution in [0.25, 0.3) is 0 Å². The van der Waals surface area contributed by atoms with E-state index >= 15 is 0 Å². The van der Waals surface area contributed by atoms with Gasteiger partial charge in [0.2, 0.25) is 11.6 Å². The van der Waals surface area contributed by atoms with Crippen molar-refractivity contribution in [2.24, 2.45) is 11.7 Å². The quantitative estimate of drug-likeness (QED) is 0.637. The van der Waals surface area contributed by atoms with Crippen molar-refractivity contribution in [1.82, 2.24) is 0 Å². The summed E-state index contributed by atoms with van der Waals surface area (Å²) < 4.78 is 57.3. The highest BCUT2D eigenvalue weighted by Crippen LogP contribution is 2.38. The van der Waals surface area contributed by atoms with Crippen molar-refractivity contribution in [2.45, 2.75) is 18.4 Å². The summed E-state index contributed by atoms with van der Waals surface area (Å²) in [5.41, 5.74) is 4.65. The summed E-state index contributed by atoms with van der Waals surface area (Å²) in [7, 11) is 0. The van der Waals surface area contributed by atoms with Gasteiger partial charge in [0.15, 0.2) is 17.4 Å². The second kappa shape index (κ2) is 4.97. The van der Waals surface area contributed by atoms with E-state index in [1.807, 2.05) is 0 Å². The first-order valence-electron chi connectivity index (χ1n) is 5.74. The molecule has 19 heavy (non-hydrogen) atoms. The van der Waals surface area contributed by atoms with Crippen LogP contribution in [0.3, 0.4) is 0 Å². The summed E-state index contributed by atoms with van der Waals surface area (Å²) in [6.45, 7) is -0.871. The summed E-state index contributed by atoms with van der Waals surface area (Å²) in [5, 5.41) is 9.18. The van der Waals surface area contributed by atoms with Gasteiger partial charge in [0.25, 0.3) is 0 Å². The van der Waals surface area contributed by atoms with Crippen LogP contribution in [0.15, 0.2) is 6.07 Å². The van der Waals surface area contributed by atoms with E-state index in [1.54, 1.807) is 0 Å². The molecular formula is C12H13F4NO2. The Morgan fingerprint density at radius 1 is 1.21 bits per heavy atom. The Balaban J connectivity index is 2.19. The van der Waals surface area contributed by atoms with Gasteiger partial charge in [0, 0.05) is 6.07 Å². The molecule has 106 valence electrons. The number of ether oxygens (including phenoxy) is 1. The Bertz CT molecular complexity index is 467. The topological polar surface area (TPSA) is 55.5 Å². The van der Waals surface area contributed by atoms with Crippen molar-refractivity contribution in [3.05, 3.63) is 29.3 Å². The van der Waals surface area contributed by atoms with Gasteiger partial charge in [-0.05, 0) is 18.8 Å². The highest BCUT2D eigenvalue weighted by molar-refractivity contribution is 5.28. The lowest BCUT2D eigenvalue weighted by molar-refractivity contribution is 0.110. The first-order chi connectivity index (χ1) is 8.89. The fraction of sp³-hybridized carbons (Fsp3) is 0.500. The third-order valence-corrected chi connectivity index (χ3v) is 3.24. The number of benzene rings is 1. The molecule has 1 saturated carbocycles. The van der Waals surface area contributed by atoms with Gasteiger partial charge in [0.1, 0.15) is 6.61 Å². The molecule has 1 fully saturated rings. The summed E-state index contributed by atoms with van der Waals surface area (Å²) in [6.07, 6.45) is 1.53. The maximum Gasteiger partial charge on any atom is 0.203 e. The van der Waals surface area contributed by atoms with Crippen molar-refractivity contribution in [1.29, 1.82) is 0 Å². The molecule has 1 aliphatic rings. The van der Waals surface area contributed by atoms with Gasteiger partial charge in [-0.2, -0.15) is 8.78 Å². The number of nitrogens with two attached hydrogens (primary N) is 1. The van der Waals surface area contributed by atoms with Crippen molar-refractivity contribution < 1.29 is 27.4 Å². The van der Waals surface area contributed by atoms with E-state index in [9.17, 15) is 22.7 Å². The lowest BCUT2D eigenvalue weighted by atomic mass is 9.97. The van der Waals surface area contributed by atoms with Gasteiger partial charge in [-0.15, -0.1) is 0 Å². The van der Waals surface area contributed by atoms with Crippen LogP contribution in [0, 0.1) is 29.2 Å². The molecule has 0 saturated heterocycles. The number of hydrogen-bond acceptors (Lipinski definition) is 3. The van der Waals surface area contributed by atoms with Crippen LogP contribution >= 0.6 is 0 Å². The predicted molar refractivity (Wildman–Crippen MR) is 58.5 cm³/mol. The van der Waals surface area contributed by atoms with Crippen molar-refractivity contribution in [3.63, 3.8) is 0 Å². The van der Waals surface area contributed by atoms with Gasteiger partial charge >= 0.3 is 0 Å². The van der Waals surface area contributed by atoms with E-state index in [4.69, 9.17) is 10.5 Å². The van der Waals surface area contributed by atoms with Gasteiger partial charge in [0.05, 0.1) is 12.1 Å². The molecule has 7 heteroatoms. The Hall–Kier alpha value is -1.34. The van der Waals surface area contributed by atoms with Crippen LogP contribution in [0.5, 0.6) is 5.75 Å². The van der Waals surface area contributed by atoms with Crippen molar-refractivity contribution >= 4 is 0 Å². The summed E-state index contributed by atoms with van der Waals surface area (Å²) >= 11 is 0. The van der Waals surface area contributed by atoms with Crippen LogP contribution < -0.4 is 10.5 Å². The Kier molecular flexibility index (Phi) is 3.69. The van der Waals surface area contributed by atoms with Crippen LogP contribution in [0.2, 0.25) is 0 Å². The zero-order valence-corrected chi connectivity index (χ0v) is 9.93. The smallest absolute Gasteiger partial charge is 0.203 e. The second-order valence-corrected chi connectivity index (χ2v) is 4.75. The van der Waals surface area contributed by atoms with Crippen LogP contribution in [-0.2, 0) is 0 Å². The Labute approximate surface area is 107 Å². The maximum absolute atomic E-state index is 13.3. The average Bonchev–Trinajstić information content (AvgIpc) is 3.20. The van der Waals surface area contributed by atoms with E-state index in [0.717, 1.165) is 12.8 Å². The third kappa shape index (κ3) is 2.66. The molecule has 0 aliphatic heterocycles. The lowest BCUT2D eigenvalue weighted by Crippen LogP contribution is -2.51. The molecule has 0 radical (unpaired) electrons. The minimum absolute atomic E-state index is 0.0259. The molecule has 1 aromatic rings. The Morgan fingerprint density at radius 2 is 1.74 bits per heavy atom. The van der Waals surface area contributed by atoms with E-state index in [1.165, 1.54) is 0 Å². The first kappa shape index (κ1) is 14.1. The molecule has 0 bridgehead atoms. The monoisotopic (exact) mass is 279 g/mol. The molecule has 0 spiro atoms. The molecule has 1 aliphatic carbocycles. The van der Waals surface area contributed by atoms with Crippen molar-refractivity contribution in [3.8, 4) is 5.75 Å². The standard InChI is InChI=1S/C12H13F4NO2/c13-7-3-8(14)10(16)11(9(7)15)19-5-12(17,4-18)6-1-2-6/h3,6,18H,1-2,4-5,17H2. The Morgan fingerprint density at radius 3 is 2.16 bits per heavy atom. The normalized spacial score (nSPS) is 18.2. The number of aliphatic hydroxyl groups excluding tert-OH is 1. The summed E-state index contributed by atoms with van der Waals surface area (Å²) in [4.78, 5) is 0. The van der Waals surface area contributed by atoms with Gasteiger partial charge in [-0.1, -0.05) is 0 Å². The maximum atomic E-state index is 13.3.